The molecule has 0 aliphatic carbocycles. The maximum Gasteiger partial charge on any atom is 0.0772 e. The highest BCUT2D eigenvalue weighted by Crippen LogP contribution is 2.12. The Bertz CT molecular complexity index is 91.3. The Morgan fingerprint density at radius 2 is 2.00 bits per heavy atom. The highest BCUT2D eigenvalue weighted by molar-refractivity contribution is 4.80. The molecule has 0 aromatic rings. The Hall–Kier alpha value is -0.0800. The van der Waals surface area contributed by atoms with Crippen LogP contribution in [0.15, 0.2) is 0 Å². The molecular weight excluding hydrogens is 126 g/mol. The third kappa shape index (κ3) is 2.67. The molecule has 0 aliphatic rings. The van der Waals surface area contributed by atoms with Crippen LogP contribution in [0.2, 0.25) is 0 Å². The van der Waals surface area contributed by atoms with Crippen LogP contribution in [0.4, 0.5) is 0 Å². The zero-order valence-electron chi connectivity index (χ0n) is 7.69. The molecule has 0 amide bonds. The van der Waals surface area contributed by atoms with Gasteiger partial charge in [-0.05, 0) is 27.3 Å². The van der Waals surface area contributed by atoms with E-state index in [1.165, 1.54) is 0 Å². The molecule has 10 heavy (non-hydrogen) atoms. The molecule has 0 saturated carbocycles. The molecule has 0 fully saturated rings. The van der Waals surface area contributed by atoms with E-state index in [0.717, 1.165) is 6.54 Å². The topological polar surface area (TPSA) is 21.3 Å². The van der Waals surface area contributed by atoms with E-state index < -0.39 is 0 Å². The van der Waals surface area contributed by atoms with Crippen LogP contribution >= 0.6 is 0 Å². The monoisotopic (exact) mass is 145 g/mol. The molecular formula is C8H19NO. The second kappa shape index (κ2) is 3.94. The summed E-state index contributed by atoms with van der Waals surface area (Å²) < 4.78 is 5.29. The van der Waals surface area contributed by atoms with Crippen LogP contribution in [-0.2, 0) is 4.74 Å². The van der Waals surface area contributed by atoms with Gasteiger partial charge in [-0.3, -0.25) is 0 Å². The normalized spacial score (nSPS) is 15.3. The van der Waals surface area contributed by atoms with E-state index in [0.29, 0.717) is 6.04 Å². The summed E-state index contributed by atoms with van der Waals surface area (Å²) in [5.41, 5.74) is -0.0595. The molecule has 1 atom stereocenters. The first-order chi connectivity index (χ1) is 4.54. The first kappa shape index (κ1) is 9.92. The third-order valence-corrected chi connectivity index (χ3v) is 2.08. The lowest BCUT2D eigenvalue weighted by molar-refractivity contribution is -0.00445. The van der Waals surface area contributed by atoms with Crippen LogP contribution in [0, 0.1) is 0 Å². The van der Waals surface area contributed by atoms with Crippen molar-refractivity contribution in [3.05, 3.63) is 0 Å². The smallest absolute Gasteiger partial charge is 0.0772 e. The lowest BCUT2D eigenvalue weighted by Crippen LogP contribution is -2.45. The summed E-state index contributed by atoms with van der Waals surface area (Å²) in [6.07, 6.45) is 0. The van der Waals surface area contributed by atoms with Crippen molar-refractivity contribution in [1.82, 2.24) is 5.32 Å². The average Bonchev–Trinajstić information content (AvgIpc) is 1.89. The van der Waals surface area contributed by atoms with Crippen LogP contribution in [0.3, 0.4) is 0 Å². The van der Waals surface area contributed by atoms with Gasteiger partial charge in [0.2, 0.25) is 0 Å². The number of rotatable bonds is 4. The quantitative estimate of drug-likeness (QED) is 0.646. The molecule has 62 valence electrons. The van der Waals surface area contributed by atoms with Crippen molar-refractivity contribution in [2.75, 3.05) is 13.7 Å². The molecule has 0 aromatic heterocycles. The predicted molar refractivity (Wildman–Crippen MR) is 44.2 cm³/mol. The van der Waals surface area contributed by atoms with E-state index in [2.05, 4.69) is 33.0 Å². The molecule has 1 N–H and O–H groups in total. The lowest BCUT2D eigenvalue weighted by Gasteiger charge is -2.30. The number of methoxy groups -OCH3 is 1. The molecule has 2 heteroatoms. The van der Waals surface area contributed by atoms with E-state index in [9.17, 15) is 0 Å². The van der Waals surface area contributed by atoms with Gasteiger partial charge in [-0.15, -0.1) is 0 Å². The summed E-state index contributed by atoms with van der Waals surface area (Å²) >= 11 is 0. The Morgan fingerprint density at radius 1 is 1.50 bits per heavy atom. The molecule has 0 heterocycles. The van der Waals surface area contributed by atoms with Crippen molar-refractivity contribution in [2.24, 2.45) is 0 Å². The Kier molecular flexibility index (Phi) is 3.91. The summed E-state index contributed by atoms with van der Waals surface area (Å²) in [6, 6.07) is 0.405. The Balaban J connectivity index is 3.78. The minimum absolute atomic E-state index is 0.0595. The van der Waals surface area contributed by atoms with Gasteiger partial charge in [0.15, 0.2) is 0 Å². The molecule has 0 bridgehead atoms. The summed E-state index contributed by atoms with van der Waals surface area (Å²) in [5.74, 6) is 0. The van der Waals surface area contributed by atoms with E-state index in [1.807, 2.05) is 0 Å². The van der Waals surface area contributed by atoms with Crippen LogP contribution in [0.1, 0.15) is 27.7 Å². The van der Waals surface area contributed by atoms with E-state index in [-0.39, 0.29) is 5.60 Å². The minimum Gasteiger partial charge on any atom is -0.377 e. The van der Waals surface area contributed by atoms with Crippen molar-refractivity contribution in [3.8, 4) is 0 Å². The molecule has 0 rings (SSSR count). The summed E-state index contributed by atoms with van der Waals surface area (Å²) in [6.45, 7) is 9.39. The fraction of sp³-hybridized carbons (Fsp3) is 1.00. The number of hydrogen-bond donors (Lipinski definition) is 1. The van der Waals surface area contributed by atoms with Gasteiger partial charge in [-0.1, -0.05) is 6.92 Å². The summed E-state index contributed by atoms with van der Waals surface area (Å²) in [7, 11) is 1.74. The number of hydrogen-bond acceptors (Lipinski definition) is 2. The molecule has 0 spiro atoms. The van der Waals surface area contributed by atoms with Gasteiger partial charge < -0.3 is 10.1 Å². The molecule has 0 aromatic carbocycles. The second-order valence-corrected chi connectivity index (χ2v) is 3.09. The Morgan fingerprint density at radius 3 is 2.30 bits per heavy atom. The van der Waals surface area contributed by atoms with Crippen LogP contribution in [0.25, 0.3) is 0 Å². The van der Waals surface area contributed by atoms with Gasteiger partial charge in [0.1, 0.15) is 0 Å². The third-order valence-electron chi connectivity index (χ3n) is 2.08. The van der Waals surface area contributed by atoms with Gasteiger partial charge in [0.05, 0.1) is 5.60 Å². The van der Waals surface area contributed by atoms with Crippen molar-refractivity contribution in [2.45, 2.75) is 39.3 Å². The van der Waals surface area contributed by atoms with Gasteiger partial charge in [0.25, 0.3) is 0 Å². The highest BCUT2D eigenvalue weighted by atomic mass is 16.5. The summed E-state index contributed by atoms with van der Waals surface area (Å²) in [5, 5.41) is 3.31. The Labute approximate surface area is 64.0 Å². The zero-order chi connectivity index (χ0) is 8.20. The van der Waals surface area contributed by atoms with Crippen LogP contribution < -0.4 is 5.32 Å². The van der Waals surface area contributed by atoms with E-state index in [4.69, 9.17) is 4.74 Å². The largest absolute Gasteiger partial charge is 0.377 e. The summed E-state index contributed by atoms with van der Waals surface area (Å²) in [4.78, 5) is 0. The SMILES string of the molecule is CCNC(C)C(C)(C)OC. The maximum atomic E-state index is 5.29. The van der Waals surface area contributed by atoms with Crippen molar-refractivity contribution in [3.63, 3.8) is 0 Å². The highest BCUT2D eigenvalue weighted by Gasteiger charge is 2.23. The van der Waals surface area contributed by atoms with Crippen molar-refractivity contribution < 1.29 is 4.74 Å². The molecule has 0 saturated heterocycles. The van der Waals surface area contributed by atoms with Crippen molar-refractivity contribution >= 4 is 0 Å². The van der Waals surface area contributed by atoms with Gasteiger partial charge in [-0.25, -0.2) is 0 Å². The predicted octanol–water partition coefficient (Wildman–Crippen LogP) is 1.41. The van der Waals surface area contributed by atoms with Crippen LogP contribution in [0.5, 0.6) is 0 Å². The fourth-order valence-corrected chi connectivity index (χ4v) is 0.729. The molecule has 0 aliphatic heterocycles. The average molecular weight is 145 g/mol. The van der Waals surface area contributed by atoms with E-state index in [1.54, 1.807) is 7.11 Å². The number of ether oxygens (including phenoxy) is 1. The molecule has 2 nitrogen and oxygen atoms in total. The molecule has 1 unspecified atom stereocenters. The minimum atomic E-state index is -0.0595. The number of likely N-dealkylation sites (N-methyl/N-ethyl adjacent to an activating group) is 1. The zero-order valence-corrected chi connectivity index (χ0v) is 7.69. The molecule has 0 radical (unpaired) electrons. The lowest BCUT2D eigenvalue weighted by atomic mass is 10.0. The first-order valence-electron chi connectivity index (χ1n) is 3.83. The van der Waals surface area contributed by atoms with Gasteiger partial charge >= 0.3 is 0 Å². The fourth-order valence-electron chi connectivity index (χ4n) is 0.729. The van der Waals surface area contributed by atoms with Gasteiger partial charge in [0, 0.05) is 13.2 Å². The van der Waals surface area contributed by atoms with E-state index >= 15 is 0 Å². The van der Waals surface area contributed by atoms with Crippen LogP contribution in [-0.4, -0.2) is 25.3 Å². The van der Waals surface area contributed by atoms with Gasteiger partial charge in [-0.2, -0.15) is 0 Å². The maximum absolute atomic E-state index is 5.29. The van der Waals surface area contributed by atoms with Crippen molar-refractivity contribution in [1.29, 1.82) is 0 Å². The standard InChI is InChI=1S/C8H19NO/c1-6-9-7(2)8(3,4)10-5/h7,9H,6H2,1-5H3. The first-order valence-corrected chi connectivity index (χ1v) is 3.83. The second-order valence-electron chi connectivity index (χ2n) is 3.09. The number of nitrogens with one attached hydrogen (secondary N) is 1.